The quantitative estimate of drug-likeness (QED) is 0.510. The monoisotopic (exact) mass is 378 g/mol. The number of amides is 1. The van der Waals surface area contributed by atoms with E-state index in [1.54, 1.807) is 6.92 Å². The average Bonchev–Trinajstić information content (AvgIpc) is 2.96. The number of hydrogen-bond acceptors (Lipinski definition) is 4. The Morgan fingerprint density at radius 1 is 1.18 bits per heavy atom. The lowest BCUT2D eigenvalue weighted by atomic mass is 10.1. The largest absolute Gasteiger partial charge is 0.483 e. The fraction of sp³-hybridized carbons (Fsp3) is 0.190. The SMILES string of the molecule is Cc1ccc(OCC(=O)NN=Cc2c(C)[nH]n(-c3ccccc3)c2=O)c(C)c1. The third kappa shape index (κ3) is 4.37. The number of carbonyl (C=O) groups is 1. The Bertz CT molecular complexity index is 1060. The fourth-order valence-electron chi connectivity index (χ4n) is 2.78. The third-order valence-corrected chi connectivity index (χ3v) is 4.20. The number of rotatable bonds is 6. The molecule has 2 aromatic carbocycles. The van der Waals surface area contributed by atoms with Crippen LogP contribution in [0, 0.1) is 20.8 Å². The molecule has 0 saturated heterocycles. The summed E-state index contributed by atoms with van der Waals surface area (Å²) >= 11 is 0. The molecule has 0 fully saturated rings. The number of H-pyrrole nitrogens is 1. The minimum Gasteiger partial charge on any atom is -0.483 e. The van der Waals surface area contributed by atoms with Crippen molar-refractivity contribution in [2.45, 2.75) is 20.8 Å². The van der Waals surface area contributed by atoms with Gasteiger partial charge in [0.15, 0.2) is 6.61 Å². The second kappa shape index (κ2) is 8.39. The van der Waals surface area contributed by atoms with Gasteiger partial charge in [-0.15, -0.1) is 0 Å². The molecular weight excluding hydrogens is 356 g/mol. The van der Waals surface area contributed by atoms with Gasteiger partial charge >= 0.3 is 0 Å². The van der Waals surface area contributed by atoms with E-state index in [1.807, 2.05) is 62.4 Å². The first-order valence-electron chi connectivity index (χ1n) is 8.84. The first-order valence-corrected chi connectivity index (χ1v) is 8.84. The number of nitrogens with one attached hydrogen (secondary N) is 2. The van der Waals surface area contributed by atoms with Crippen molar-refractivity contribution in [1.82, 2.24) is 15.2 Å². The number of aromatic amines is 1. The van der Waals surface area contributed by atoms with Crippen molar-refractivity contribution in [2.24, 2.45) is 5.10 Å². The summed E-state index contributed by atoms with van der Waals surface area (Å²) in [4.78, 5) is 24.5. The van der Waals surface area contributed by atoms with Crippen molar-refractivity contribution < 1.29 is 9.53 Å². The van der Waals surface area contributed by atoms with Crippen molar-refractivity contribution in [2.75, 3.05) is 6.61 Å². The molecule has 0 aliphatic heterocycles. The lowest BCUT2D eigenvalue weighted by molar-refractivity contribution is -0.123. The second-order valence-corrected chi connectivity index (χ2v) is 6.48. The molecule has 144 valence electrons. The molecular formula is C21H22N4O3. The number of nitrogens with zero attached hydrogens (tertiary/aromatic N) is 2. The summed E-state index contributed by atoms with van der Waals surface area (Å²) in [5.41, 5.74) is 5.97. The topological polar surface area (TPSA) is 88.5 Å². The van der Waals surface area contributed by atoms with Crippen LogP contribution in [-0.4, -0.2) is 28.5 Å². The molecule has 7 heteroatoms. The van der Waals surface area contributed by atoms with Crippen LogP contribution in [0.5, 0.6) is 5.75 Å². The molecule has 0 unspecified atom stereocenters. The van der Waals surface area contributed by atoms with E-state index in [1.165, 1.54) is 10.9 Å². The van der Waals surface area contributed by atoms with Gasteiger partial charge in [0, 0.05) is 5.69 Å². The Morgan fingerprint density at radius 2 is 1.93 bits per heavy atom. The standard InChI is InChI=1S/C21H22N4O3/c1-14-9-10-19(15(2)11-14)28-13-20(26)23-22-12-18-16(3)24-25(21(18)27)17-7-5-4-6-8-17/h4-12,24H,13H2,1-3H3,(H,23,26). The van der Waals surface area contributed by atoms with Gasteiger partial charge in [0.05, 0.1) is 17.5 Å². The van der Waals surface area contributed by atoms with E-state index in [0.717, 1.165) is 16.8 Å². The van der Waals surface area contributed by atoms with Gasteiger partial charge in [-0.3, -0.25) is 14.7 Å². The van der Waals surface area contributed by atoms with E-state index in [0.29, 0.717) is 17.0 Å². The van der Waals surface area contributed by atoms with Crippen LogP contribution in [-0.2, 0) is 4.79 Å². The molecule has 0 bridgehead atoms. The van der Waals surface area contributed by atoms with Gasteiger partial charge in [-0.1, -0.05) is 35.9 Å². The van der Waals surface area contributed by atoms with E-state index in [4.69, 9.17) is 4.74 Å². The highest BCUT2D eigenvalue weighted by Crippen LogP contribution is 2.18. The highest BCUT2D eigenvalue weighted by atomic mass is 16.5. The maximum absolute atomic E-state index is 12.5. The van der Waals surface area contributed by atoms with E-state index in [9.17, 15) is 9.59 Å². The van der Waals surface area contributed by atoms with Crippen molar-refractivity contribution >= 4 is 12.1 Å². The number of aromatic nitrogens is 2. The van der Waals surface area contributed by atoms with Gasteiger partial charge in [-0.05, 0) is 44.5 Å². The minimum absolute atomic E-state index is 0.165. The lowest BCUT2D eigenvalue weighted by Gasteiger charge is -2.08. The van der Waals surface area contributed by atoms with Crippen molar-refractivity contribution in [3.05, 3.63) is 81.3 Å². The molecule has 1 heterocycles. The molecule has 0 aliphatic rings. The van der Waals surface area contributed by atoms with Crippen molar-refractivity contribution in [3.8, 4) is 11.4 Å². The van der Waals surface area contributed by atoms with Gasteiger partial charge in [0.2, 0.25) is 0 Å². The fourth-order valence-corrected chi connectivity index (χ4v) is 2.78. The Labute approximate surface area is 162 Å². The Hall–Kier alpha value is -3.61. The summed E-state index contributed by atoms with van der Waals surface area (Å²) in [5.74, 6) is 0.241. The predicted octanol–water partition coefficient (Wildman–Crippen LogP) is 2.62. The van der Waals surface area contributed by atoms with Crippen LogP contribution in [0.1, 0.15) is 22.4 Å². The number of benzene rings is 2. The first-order chi connectivity index (χ1) is 13.5. The number of carbonyl (C=O) groups excluding carboxylic acids is 1. The molecule has 3 aromatic rings. The van der Waals surface area contributed by atoms with E-state index in [2.05, 4.69) is 15.6 Å². The number of para-hydroxylation sites is 1. The Kier molecular flexibility index (Phi) is 5.74. The summed E-state index contributed by atoms with van der Waals surface area (Å²) in [5, 5.41) is 6.88. The van der Waals surface area contributed by atoms with E-state index in [-0.39, 0.29) is 12.2 Å². The number of hydrogen-bond donors (Lipinski definition) is 2. The molecule has 7 nitrogen and oxygen atoms in total. The van der Waals surface area contributed by atoms with Gasteiger partial charge < -0.3 is 4.74 Å². The average molecular weight is 378 g/mol. The smallest absolute Gasteiger partial charge is 0.280 e. The highest BCUT2D eigenvalue weighted by molar-refractivity contribution is 5.83. The molecule has 0 saturated carbocycles. The van der Waals surface area contributed by atoms with E-state index < -0.39 is 5.91 Å². The number of ether oxygens (including phenoxy) is 1. The van der Waals surface area contributed by atoms with Gasteiger partial charge in [-0.2, -0.15) is 5.10 Å². The van der Waals surface area contributed by atoms with Crippen LogP contribution < -0.4 is 15.7 Å². The van der Waals surface area contributed by atoms with Crippen LogP contribution in [0.25, 0.3) is 5.69 Å². The van der Waals surface area contributed by atoms with Crippen LogP contribution in [0.3, 0.4) is 0 Å². The van der Waals surface area contributed by atoms with Crippen LogP contribution in [0.4, 0.5) is 0 Å². The van der Waals surface area contributed by atoms with Crippen LogP contribution in [0.2, 0.25) is 0 Å². The molecule has 2 N–H and O–H groups in total. The van der Waals surface area contributed by atoms with Gasteiger partial charge in [-0.25, -0.2) is 10.1 Å². The molecule has 0 aliphatic carbocycles. The molecule has 3 rings (SSSR count). The number of hydrazone groups is 1. The zero-order valence-corrected chi connectivity index (χ0v) is 16.0. The molecule has 28 heavy (non-hydrogen) atoms. The Balaban J connectivity index is 1.62. The maximum Gasteiger partial charge on any atom is 0.280 e. The van der Waals surface area contributed by atoms with Crippen molar-refractivity contribution in [3.63, 3.8) is 0 Å². The van der Waals surface area contributed by atoms with Crippen LogP contribution >= 0.6 is 0 Å². The summed E-state index contributed by atoms with van der Waals surface area (Å²) in [7, 11) is 0. The van der Waals surface area contributed by atoms with Gasteiger partial charge in [0.1, 0.15) is 5.75 Å². The minimum atomic E-state index is -0.409. The van der Waals surface area contributed by atoms with E-state index >= 15 is 0 Å². The maximum atomic E-state index is 12.5. The molecule has 1 aromatic heterocycles. The molecule has 0 spiro atoms. The molecule has 0 radical (unpaired) electrons. The number of aryl methyl sites for hydroxylation is 3. The zero-order valence-electron chi connectivity index (χ0n) is 16.0. The summed E-state index contributed by atoms with van der Waals surface area (Å²) in [6.45, 7) is 5.52. The third-order valence-electron chi connectivity index (χ3n) is 4.20. The van der Waals surface area contributed by atoms with Crippen LogP contribution in [0.15, 0.2) is 58.4 Å². The predicted molar refractivity (Wildman–Crippen MR) is 108 cm³/mol. The normalized spacial score (nSPS) is 11.0. The molecule has 1 amide bonds. The lowest BCUT2D eigenvalue weighted by Crippen LogP contribution is -2.25. The van der Waals surface area contributed by atoms with Crippen molar-refractivity contribution in [1.29, 1.82) is 0 Å². The summed E-state index contributed by atoms with van der Waals surface area (Å²) in [6.07, 6.45) is 1.34. The summed E-state index contributed by atoms with van der Waals surface area (Å²) in [6, 6.07) is 15.0. The zero-order chi connectivity index (χ0) is 20.1. The summed E-state index contributed by atoms with van der Waals surface area (Å²) < 4.78 is 6.94. The highest BCUT2D eigenvalue weighted by Gasteiger charge is 2.10. The molecule has 0 atom stereocenters. The second-order valence-electron chi connectivity index (χ2n) is 6.48. The first kappa shape index (κ1) is 19.2. The van der Waals surface area contributed by atoms with Gasteiger partial charge in [0.25, 0.3) is 11.5 Å². The Morgan fingerprint density at radius 3 is 2.64 bits per heavy atom.